The van der Waals surface area contributed by atoms with Gasteiger partial charge in [0.15, 0.2) is 17.4 Å². The van der Waals surface area contributed by atoms with E-state index in [4.69, 9.17) is 20.3 Å². The molecule has 180 valence electrons. The van der Waals surface area contributed by atoms with E-state index in [0.29, 0.717) is 0 Å². The normalized spacial score (nSPS) is 26.5. The molecule has 1 saturated heterocycles. The van der Waals surface area contributed by atoms with Gasteiger partial charge in [0.1, 0.15) is 12.2 Å². The first-order valence-electron chi connectivity index (χ1n) is 7.95. The number of ether oxygens (including phenoxy) is 1. The molecule has 0 amide bonds. The minimum atomic E-state index is -6.50. The Hall–Kier alpha value is -1.10. The second kappa shape index (κ2) is 8.92. The Kier molecular flexibility index (Phi) is 7.12. The Morgan fingerprint density at radius 1 is 1.31 bits per heavy atom. The second-order valence-corrected chi connectivity index (χ2v) is 11.6. The summed E-state index contributed by atoms with van der Waals surface area (Å²) in [5.74, 6) is -0.340. The number of fused-ring (bicyclic) bond motifs is 1. The van der Waals surface area contributed by atoms with Gasteiger partial charge in [-0.1, -0.05) is 0 Å². The first kappa shape index (κ1) is 25.5. The number of nitrogens with two attached hydrogens (primary N) is 1. The highest BCUT2D eigenvalue weighted by atomic mass is 127. The van der Waals surface area contributed by atoms with Crippen molar-refractivity contribution >= 4 is 32.8 Å². The fraction of sp³-hybridized carbons (Fsp3) is 0.500. The lowest BCUT2D eigenvalue weighted by atomic mass is 10.1. The minimum Gasteiger partial charge on any atom is -0.385 e. The van der Waals surface area contributed by atoms with Crippen LogP contribution >= 0.6 is 15.6 Å². The van der Waals surface area contributed by atoms with Crippen LogP contribution in [0, 0.1) is 0 Å². The summed E-state index contributed by atoms with van der Waals surface area (Å²) in [4.78, 5) is 48.2. The first-order chi connectivity index (χ1) is 14.6. The molecule has 3 heterocycles. The summed E-state index contributed by atoms with van der Waals surface area (Å²) in [6.07, 6.45) is -6.35. The number of aliphatic hydroxyl groups excluding tert-OH is 1. The van der Waals surface area contributed by atoms with Gasteiger partial charge in [0, 0.05) is 3.07 Å². The average molecular weight is 617 g/mol. The SMILES string of the molecule is Nc1nc2c(ncn2[C@@H]2O[C@H](COP(=O)(O)OP(=O)(O)O)[C@@H](O[I+3]([O-])([O-])[O-])[C@H]2O)c(=O)[nH]1. The quantitative estimate of drug-likeness (QED) is 0.118. The van der Waals surface area contributed by atoms with Crippen molar-refractivity contribution < 1.29 is 76.0 Å². The van der Waals surface area contributed by atoms with Crippen LogP contribution in [0.25, 0.3) is 11.2 Å². The Balaban J connectivity index is 1.90. The molecule has 2 aromatic heterocycles. The standard InChI is InChI=1S/C10H14IN5O14P2/c12-10-14-7-4(8(18)15-10)13-2-16(7)9-5(17)6(29-11(19,20)21)3(28-9)1-27-32(25,26)30-31(22,23)24/h2-3,5-6,9,17H,1H2,(H,25,26)(H2,22,23,24)(H3,12,14,15,18)/t3-,5-,6-,9-/m1/s1. The van der Waals surface area contributed by atoms with E-state index in [2.05, 4.69) is 26.9 Å². The molecule has 7 N–H and O–H groups in total. The predicted octanol–water partition coefficient (Wildman–Crippen LogP) is -8.53. The topological polar surface area (TPSA) is 311 Å². The molecule has 1 aliphatic heterocycles. The van der Waals surface area contributed by atoms with Crippen LogP contribution in [-0.2, 0) is 25.8 Å². The number of halogens is 1. The maximum absolute atomic E-state index is 11.9. The number of phosphoric ester groups is 1. The third kappa shape index (κ3) is 6.07. The lowest BCUT2D eigenvalue weighted by molar-refractivity contribution is -1.92. The van der Waals surface area contributed by atoms with Crippen molar-refractivity contribution in [3.8, 4) is 0 Å². The molecule has 0 saturated carbocycles. The van der Waals surface area contributed by atoms with Crippen molar-refractivity contribution in [2.45, 2.75) is 24.5 Å². The van der Waals surface area contributed by atoms with Crippen molar-refractivity contribution in [1.29, 1.82) is 0 Å². The number of anilines is 1. The van der Waals surface area contributed by atoms with Gasteiger partial charge >= 0.3 is 35.7 Å². The fourth-order valence-electron chi connectivity index (χ4n) is 2.77. The van der Waals surface area contributed by atoms with E-state index >= 15 is 0 Å². The lowest BCUT2D eigenvalue weighted by Gasteiger charge is -2.18. The molecule has 1 aliphatic rings. The van der Waals surface area contributed by atoms with E-state index in [9.17, 15) is 34.2 Å². The zero-order chi connectivity index (χ0) is 24.1. The minimum absolute atomic E-state index is 0.216. The molecule has 19 nitrogen and oxygen atoms in total. The molecule has 0 radical (unpaired) electrons. The first-order valence-corrected chi connectivity index (χ1v) is 14.5. The number of imidazole rings is 1. The third-order valence-electron chi connectivity index (χ3n) is 3.86. The van der Waals surface area contributed by atoms with Crippen LogP contribution in [0.15, 0.2) is 11.1 Å². The van der Waals surface area contributed by atoms with Crippen molar-refractivity contribution in [2.75, 3.05) is 12.3 Å². The Morgan fingerprint density at radius 2 is 1.97 bits per heavy atom. The third-order valence-corrected chi connectivity index (χ3v) is 7.22. The number of nitrogen functional groups attached to an aromatic ring is 1. The number of hydrogen-bond acceptors (Lipinski definition) is 14. The van der Waals surface area contributed by atoms with E-state index < -0.39 is 72.4 Å². The summed E-state index contributed by atoms with van der Waals surface area (Å²) in [6.45, 7) is -1.13. The molecule has 0 aromatic carbocycles. The van der Waals surface area contributed by atoms with Crippen LogP contribution in [0.3, 0.4) is 0 Å². The summed E-state index contributed by atoms with van der Waals surface area (Å²) in [5.41, 5.74) is 4.24. The molecule has 1 unspecified atom stereocenters. The molecule has 32 heavy (non-hydrogen) atoms. The second-order valence-electron chi connectivity index (χ2n) is 6.10. The highest BCUT2D eigenvalue weighted by Crippen LogP contribution is 2.57. The molecular formula is C10H14IN5O14P2. The Morgan fingerprint density at radius 3 is 2.56 bits per heavy atom. The number of aromatic nitrogens is 4. The summed E-state index contributed by atoms with van der Waals surface area (Å²) in [5, 5.41) is 10.5. The van der Waals surface area contributed by atoms with Crippen LogP contribution in [0.1, 0.15) is 6.23 Å². The van der Waals surface area contributed by atoms with Gasteiger partial charge in [0.25, 0.3) is 5.56 Å². The van der Waals surface area contributed by atoms with E-state index in [1.165, 1.54) is 0 Å². The van der Waals surface area contributed by atoms with Gasteiger partial charge in [-0.05, 0) is 0 Å². The molecule has 5 atom stereocenters. The zero-order valence-electron chi connectivity index (χ0n) is 15.2. The van der Waals surface area contributed by atoms with Gasteiger partial charge in [0.2, 0.25) is 12.1 Å². The molecule has 22 heteroatoms. The van der Waals surface area contributed by atoms with Crippen molar-refractivity contribution in [1.82, 2.24) is 19.5 Å². The number of aromatic amines is 1. The van der Waals surface area contributed by atoms with Gasteiger partial charge in [-0.15, -0.1) is 0 Å². The number of hydrogen-bond donors (Lipinski definition) is 6. The number of H-pyrrole nitrogens is 1. The summed E-state index contributed by atoms with van der Waals surface area (Å²) in [6, 6.07) is 0. The largest absolute Gasteiger partial charge is 0.481 e. The number of nitrogens with zero attached hydrogens (tertiary/aromatic N) is 3. The summed E-state index contributed by atoms with van der Waals surface area (Å²) in [7, 11) is -10.9. The van der Waals surface area contributed by atoms with Crippen molar-refractivity contribution in [2.24, 2.45) is 0 Å². The molecule has 0 spiro atoms. The highest BCUT2D eigenvalue weighted by Gasteiger charge is 2.55. The maximum atomic E-state index is 11.9. The van der Waals surface area contributed by atoms with E-state index in [-0.39, 0.29) is 17.1 Å². The lowest BCUT2D eigenvalue weighted by Crippen LogP contribution is -4.24. The van der Waals surface area contributed by atoms with Gasteiger partial charge in [-0.25, -0.2) is 14.1 Å². The van der Waals surface area contributed by atoms with Gasteiger partial charge in [0.05, 0.1) is 12.9 Å². The van der Waals surface area contributed by atoms with E-state index in [1.807, 2.05) is 0 Å². The summed E-state index contributed by atoms with van der Waals surface area (Å²) < 4.78 is 74.3. The molecule has 0 bridgehead atoms. The molecule has 0 aliphatic carbocycles. The smallest absolute Gasteiger partial charge is 0.385 e. The van der Waals surface area contributed by atoms with Crippen LogP contribution in [-0.4, -0.2) is 64.2 Å². The van der Waals surface area contributed by atoms with Gasteiger partial charge in [-0.2, -0.15) is 9.29 Å². The molecule has 3 rings (SSSR count). The van der Waals surface area contributed by atoms with Crippen LogP contribution in [0.5, 0.6) is 0 Å². The number of phosphoric acid groups is 2. The van der Waals surface area contributed by atoms with Crippen LogP contribution < -0.4 is 41.7 Å². The Bertz CT molecular complexity index is 1140. The zero-order valence-corrected chi connectivity index (χ0v) is 19.1. The molecular weight excluding hydrogens is 603 g/mol. The number of rotatable bonds is 8. The van der Waals surface area contributed by atoms with Crippen molar-refractivity contribution in [3.05, 3.63) is 16.7 Å². The number of nitrogens with one attached hydrogen (secondary N) is 1. The van der Waals surface area contributed by atoms with E-state index in [0.717, 1.165) is 10.9 Å². The summed E-state index contributed by atoms with van der Waals surface area (Å²) >= 11 is -6.50. The van der Waals surface area contributed by atoms with Crippen LogP contribution in [0.2, 0.25) is 0 Å². The van der Waals surface area contributed by atoms with E-state index in [1.54, 1.807) is 0 Å². The maximum Gasteiger partial charge on any atom is 0.481 e. The van der Waals surface area contributed by atoms with Gasteiger partial charge < -0.3 is 30.3 Å². The number of aliphatic hydroxyl groups is 1. The molecule has 2 aromatic rings. The van der Waals surface area contributed by atoms with Crippen molar-refractivity contribution in [3.63, 3.8) is 0 Å². The van der Waals surface area contributed by atoms with Gasteiger partial charge in [-0.3, -0.25) is 29.2 Å². The highest BCUT2D eigenvalue weighted by molar-refractivity contribution is 7.60. The van der Waals surface area contributed by atoms with Crippen LogP contribution in [0.4, 0.5) is 5.95 Å². The monoisotopic (exact) mass is 617 g/mol. The average Bonchev–Trinajstić information content (AvgIpc) is 3.12. The molecule has 1 fully saturated rings. The Labute approximate surface area is 181 Å². The fourth-order valence-corrected chi connectivity index (χ4v) is 5.72. The predicted molar refractivity (Wildman–Crippen MR) is 86.3 cm³/mol.